The summed E-state index contributed by atoms with van der Waals surface area (Å²) in [5, 5.41) is 9.47. The van der Waals surface area contributed by atoms with Crippen molar-refractivity contribution in [1.29, 1.82) is 0 Å². The van der Waals surface area contributed by atoms with Gasteiger partial charge in [-0.15, -0.1) is 0 Å². The number of Topliss-reactive ketones (excluding diaryl/α,β-unsaturated/α-hetero) is 1. The molecule has 0 saturated heterocycles. The van der Waals surface area contributed by atoms with Gasteiger partial charge in [0.15, 0.2) is 0 Å². The van der Waals surface area contributed by atoms with Crippen LogP contribution in [0.4, 0.5) is 0 Å². The van der Waals surface area contributed by atoms with Crippen LogP contribution in [0, 0.1) is 11.8 Å². The van der Waals surface area contributed by atoms with Crippen LogP contribution in [-0.2, 0) is 4.79 Å². The van der Waals surface area contributed by atoms with E-state index < -0.39 is 0 Å². The van der Waals surface area contributed by atoms with Gasteiger partial charge in [0, 0.05) is 12.8 Å². The number of rotatable bonds is 0. The van der Waals surface area contributed by atoms with E-state index in [1.54, 1.807) is 0 Å². The van der Waals surface area contributed by atoms with E-state index in [1.165, 1.54) is 0 Å². The lowest BCUT2D eigenvalue weighted by Gasteiger charge is -2.23. The van der Waals surface area contributed by atoms with Gasteiger partial charge in [-0.1, -0.05) is 0 Å². The van der Waals surface area contributed by atoms with Gasteiger partial charge >= 0.3 is 0 Å². The zero-order chi connectivity index (χ0) is 7.14. The lowest BCUT2D eigenvalue weighted by Crippen LogP contribution is -2.30. The van der Waals surface area contributed by atoms with Crippen molar-refractivity contribution < 1.29 is 9.90 Å². The third kappa shape index (κ3) is 0.788. The number of fused-ring (bicyclic) bond motifs is 2. The molecule has 0 aromatic rings. The van der Waals surface area contributed by atoms with Crippen molar-refractivity contribution in [3.8, 4) is 0 Å². The standard InChI is InChI=1S/C8H12O2/c9-7-3-5-1-2-6(4-7)8(5)10/h5-6,8,10H,1-4H2/t5-,6+,8+. The smallest absolute Gasteiger partial charge is 0.133 e. The van der Waals surface area contributed by atoms with Gasteiger partial charge in [0.05, 0.1) is 6.10 Å². The van der Waals surface area contributed by atoms with Crippen molar-refractivity contribution in [3.63, 3.8) is 0 Å². The molecule has 0 unspecified atom stereocenters. The predicted molar refractivity (Wildman–Crippen MR) is 36.5 cm³/mol. The third-order valence-corrected chi connectivity index (χ3v) is 2.85. The van der Waals surface area contributed by atoms with Gasteiger partial charge in [-0.25, -0.2) is 0 Å². The molecule has 56 valence electrons. The van der Waals surface area contributed by atoms with Gasteiger partial charge in [-0.05, 0) is 24.7 Å². The van der Waals surface area contributed by atoms with Crippen molar-refractivity contribution in [2.45, 2.75) is 31.8 Å². The zero-order valence-electron chi connectivity index (χ0n) is 5.92. The van der Waals surface area contributed by atoms with E-state index in [2.05, 4.69) is 0 Å². The molecule has 0 amide bonds. The summed E-state index contributed by atoms with van der Waals surface area (Å²) < 4.78 is 0. The van der Waals surface area contributed by atoms with Crippen LogP contribution in [0.25, 0.3) is 0 Å². The number of carbonyl (C=O) groups excluding carboxylic acids is 1. The summed E-state index contributed by atoms with van der Waals surface area (Å²) in [5.41, 5.74) is 0. The van der Waals surface area contributed by atoms with E-state index in [9.17, 15) is 9.90 Å². The van der Waals surface area contributed by atoms with Crippen LogP contribution in [0.3, 0.4) is 0 Å². The van der Waals surface area contributed by atoms with Crippen molar-refractivity contribution in [2.75, 3.05) is 0 Å². The van der Waals surface area contributed by atoms with Gasteiger partial charge in [0.1, 0.15) is 5.78 Å². The molecule has 0 aliphatic heterocycles. The lowest BCUT2D eigenvalue weighted by molar-refractivity contribution is -0.125. The van der Waals surface area contributed by atoms with Crippen LogP contribution < -0.4 is 0 Å². The Morgan fingerprint density at radius 1 is 1.20 bits per heavy atom. The first-order valence-corrected chi connectivity index (χ1v) is 3.97. The molecule has 2 rings (SSSR count). The third-order valence-electron chi connectivity index (χ3n) is 2.85. The van der Waals surface area contributed by atoms with E-state index in [-0.39, 0.29) is 6.10 Å². The molecule has 2 aliphatic rings. The Morgan fingerprint density at radius 2 is 1.70 bits per heavy atom. The van der Waals surface area contributed by atoms with E-state index in [0.717, 1.165) is 12.8 Å². The minimum Gasteiger partial charge on any atom is -0.393 e. The van der Waals surface area contributed by atoms with Crippen molar-refractivity contribution in [3.05, 3.63) is 0 Å². The average molecular weight is 140 g/mol. The second-order valence-electron chi connectivity index (χ2n) is 3.54. The Bertz CT molecular complexity index is 149. The number of aliphatic hydroxyl groups is 1. The first kappa shape index (κ1) is 6.35. The highest BCUT2D eigenvalue weighted by molar-refractivity contribution is 5.80. The van der Waals surface area contributed by atoms with E-state index in [0.29, 0.717) is 30.5 Å². The monoisotopic (exact) mass is 140 g/mol. The highest BCUT2D eigenvalue weighted by atomic mass is 16.3. The second-order valence-corrected chi connectivity index (χ2v) is 3.54. The minimum absolute atomic E-state index is 0.155. The second kappa shape index (κ2) is 2.06. The Kier molecular flexibility index (Phi) is 1.31. The maximum absolute atomic E-state index is 11.0. The summed E-state index contributed by atoms with van der Waals surface area (Å²) in [6.45, 7) is 0. The van der Waals surface area contributed by atoms with E-state index >= 15 is 0 Å². The minimum atomic E-state index is -0.155. The highest BCUT2D eigenvalue weighted by Crippen LogP contribution is 2.40. The molecular formula is C8H12O2. The molecule has 3 atom stereocenters. The van der Waals surface area contributed by atoms with Gasteiger partial charge in [-0.2, -0.15) is 0 Å². The quantitative estimate of drug-likeness (QED) is 0.538. The molecule has 2 nitrogen and oxygen atoms in total. The van der Waals surface area contributed by atoms with Crippen molar-refractivity contribution >= 4 is 5.78 Å². The molecule has 2 bridgehead atoms. The molecule has 1 N–H and O–H groups in total. The molecule has 2 saturated carbocycles. The van der Waals surface area contributed by atoms with Crippen LogP contribution in [0.5, 0.6) is 0 Å². The largest absolute Gasteiger partial charge is 0.393 e. The topological polar surface area (TPSA) is 37.3 Å². The van der Waals surface area contributed by atoms with Gasteiger partial charge < -0.3 is 5.11 Å². The number of hydrogen-bond acceptors (Lipinski definition) is 2. The lowest BCUT2D eigenvalue weighted by atomic mass is 9.86. The molecule has 2 fully saturated rings. The number of carbonyl (C=O) groups is 1. The average Bonchev–Trinajstić information content (AvgIpc) is 2.20. The molecular weight excluding hydrogens is 128 g/mol. The van der Waals surface area contributed by atoms with Gasteiger partial charge in [-0.3, -0.25) is 4.79 Å². The fraction of sp³-hybridized carbons (Fsp3) is 0.875. The Labute approximate surface area is 60.2 Å². The van der Waals surface area contributed by atoms with Gasteiger partial charge in [0.2, 0.25) is 0 Å². The summed E-state index contributed by atoms with van der Waals surface area (Å²) in [6.07, 6.45) is 3.25. The van der Waals surface area contributed by atoms with Crippen LogP contribution in [0.15, 0.2) is 0 Å². The Balaban J connectivity index is 2.16. The Morgan fingerprint density at radius 3 is 2.20 bits per heavy atom. The molecule has 0 heterocycles. The summed E-state index contributed by atoms with van der Waals surface area (Å²) in [4.78, 5) is 11.0. The fourth-order valence-electron chi connectivity index (χ4n) is 2.27. The summed E-state index contributed by atoms with van der Waals surface area (Å²) in [7, 11) is 0. The normalized spacial score (nSPS) is 46.1. The maximum atomic E-state index is 11.0. The number of aliphatic hydroxyl groups excluding tert-OH is 1. The molecule has 10 heavy (non-hydrogen) atoms. The molecule has 0 radical (unpaired) electrons. The van der Waals surface area contributed by atoms with Gasteiger partial charge in [0.25, 0.3) is 0 Å². The SMILES string of the molecule is O=C1C[C@H]2CC[C@@H](C1)[C@H]2O. The zero-order valence-corrected chi connectivity index (χ0v) is 5.92. The Hall–Kier alpha value is -0.370. The molecule has 2 heteroatoms. The van der Waals surface area contributed by atoms with Crippen molar-refractivity contribution in [1.82, 2.24) is 0 Å². The van der Waals surface area contributed by atoms with E-state index in [1.807, 2.05) is 0 Å². The fourth-order valence-corrected chi connectivity index (χ4v) is 2.27. The molecule has 2 aliphatic carbocycles. The molecule has 0 spiro atoms. The predicted octanol–water partition coefficient (Wildman–Crippen LogP) is 0.736. The van der Waals surface area contributed by atoms with Crippen molar-refractivity contribution in [2.24, 2.45) is 11.8 Å². The van der Waals surface area contributed by atoms with E-state index in [4.69, 9.17) is 0 Å². The summed E-state index contributed by atoms with van der Waals surface area (Å²) in [6, 6.07) is 0. The summed E-state index contributed by atoms with van der Waals surface area (Å²) in [5.74, 6) is 0.982. The van der Waals surface area contributed by atoms with Crippen LogP contribution in [-0.4, -0.2) is 17.0 Å². The van der Waals surface area contributed by atoms with Crippen LogP contribution in [0.1, 0.15) is 25.7 Å². The number of ketones is 1. The van der Waals surface area contributed by atoms with Crippen LogP contribution in [0.2, 0.25) is 0 Å². The first-order chi connectivity index (χ1) is 4.77. The molecule has 0 aromatic carbocycles. The summed E-state index contributed by atoms with van der Waals surface area (Å²) >= 11 is 0. The maximum Gasteiger partial charge on any atom is 0.133 e. The first-order valence-electron chi connectivity index (χ1n) is 3.97. The highest BCUT2D eigenvalue weighted by Gasteiger charge is 2.40. The number of hydrogen-bond donors (Lipinski definition) is 1. The molecule has 0 aromatic heterocycles. The van der Waals surface area contributed by atoms with Crippen LogP contribution >= 0.6 is 0 Å².